The van der Waals surface area contributed by atoms with Crippen molar-refractivity contribution >= 4 is 33.5 Å². The monoisotopic (exact) mass is 358 g/mol. The molecule has 7 heteroatoms. The molecule has 0 spiro atoms. The Balaban J connectivity index is 2.13. The lowest BCUT2D eigenvalue weighted by Gasteiger charge is -2.07. The Bertz CT molecular complexity index is 623. The van der Waals surface area contributed by atoms with Crippen LogP contribution in [0.1, 0.15) is 16.1 Å². The number of ether oxygens (including phenoxy) is 2. The average Bonchev–Trinajstić information content (AvgIpc) is 2.74. The van der Waals surface area contributed by atoms with Crippen LogP contribution in [0.25, 0.3) is 0 Å². The van der Waals surface area contributed by atoms with Gasteiger partial charge in [-0.2, -0.15) is 5.10 Å². The van der Waals surface area contributed by atoms with Gasteiger partial charge in [0, 0.05) is 17.6 Å². The predicted octanol–water partition coefficient (Wildman–Crippen LogP) is 3.20. The quantitative estimate of drug-likeness (QED) is 0.787. The van der Waals surface area contributed by atoms with Crippen LogP contribution in [-0.2, 0) is 18.4 Å². The molecule has 5 nitrogen and oxygen atoms in total. The van der Waals surface area contributed by atoms with Crippen molar-refractivity contribution in [3.05, 3.63) is 45.1 Å². The predicted molar refractivity (Wildman–Crippen MR) is 78.0 cm³/mol. The number of hydrogen-bond donors (Lipinski definition) is 0. The molecule has 1 aromatic heterocycles. The van der Waals surface area contributed by atoms with Crippen LogP contribution in [0.15, 0.2) is 28.7 Å². The number of aryl methyl sites for hydroxylation is 1. The lowest BCUT2D eigenvalue weighted by molar-refractivity contribution is 0.0600. The summed E-state index contributed by atoms with van der Waals surface area (Å²) in [6, 6.07) is 6.76. The molecule has 0 atom stereocenters. The molecule has 0 radical (unpaired) electrons. The standard InChI is InChI=1S/C13H12BrClN2O3/c1-17-12(15)6-10(16-17)7-20-11-4-8(13(18)19-2)3-9(14)5-11/h3-6H,7H2,1-2H3. The number of rotatable bonds is 4. The summed E-state index contributed by atoms with van der Waals surface area (Å²) in [5.74, 6) is 0.124. The van der Waals surface area contributed by atoms with Gasteiger partial charge in [0.15, 0.2) is 0 Å². The largest absolute Gasteiger partial charge is 0.487 e. The van der Waals surface area contributed by atoms with E-state index in [2.05, 4.69) is 25.8 Å². The van der Waals surface area contributed by atoms with Crippen molar-refractivity contribution in [2.45, 2.75) is 6.61 Å². The first-order valence-electron chi connectivity index (χ1n) is 5.69. The van der Waals surface area contributed by atoms with E-state index in [0.29, 0.717) is 22.2 Å². The third-order valence-electron chi connectivity index (χ3n) is 2.55. The summed E-state index contributed by atoms with van der Waals surface area (Å²) in [5.41, 5.74) is 1.12. The number of halogens is 2. The van der Waals surface area contributed by atoms with Gasteiger partial charge in [0.05, 0.1) is 12.7 Å². The van der Waals surface area contributed by atoms with Crippen molar-refractivity contribution in [3.8, 4) is 5.75 Å². The van der Waals surface area contributed by atoms with Crippen LogP contribution in [0.4, 0.5) is 0 Å². The van der Waals surface area contributed by atoms with Gasteiger partial charge in [-0.05, 0) is 18.2 Å². The number of benzene rings is 1. The Morgan fingerprint density at radius 3 is 2.75 bits per heavy atom. The van der Waals surface area contributed by atoms with Crippen LogP contribution >= 0.6 is 27.5 Å². The highest BCUT2D eigenvalue weighted by atomic mass is 79.9. The first-order chi connectivity index (χ1) is 9.49. The lowest BCUT2D eigenvalue weighted by Crippen LogP contribution is -2.03. The van der Waals surface area contributed by atoms with Gasteiger partial charge >= 0.3 is 5.97 Å². The summed E-state index contributed by atoms with van der Waals surface area (Å²) in [6.07, 6.45) is 0. The van der Waals surface area contributed by atoms with E-state index in [1.807, 2.05) is 0 Å². The minimum absolute atomic E-state index is 0.262. The molecule has 0 unspecified atom stereocenters. The second kappa shape index (κ2) is 6.28. The van der Waals surface area contributed by atoms with Crippen LogP contribution in [0.3, 0.4) is 0 Å². The fraction of sp³-hybridized carbons (Fsp3) is 0.231. The number of carbonyl (C=O) groups is 1. The number of carbonyl (C=O) groups excluding carboxylic acids is 1. The third-order valence-corrected chi connectivity index (χ3v) is 3.36. The molecule has 0 amide bonds. The number of hydrogen-bond acceptors (Lipinski definition) is 4. The van der Waals surface area contributed by atoms with Gasteiger partial charge in [0.2, 0.25) is 0 Å². The molecule has 0 N–H and O–H groups in total. The number of esters is 1. The second-order valence-electron chi connectivity index (χ2n) is 4.04. The van der Waals surface area contributed by atoms with Gasteiger partial charge in [-0.25, -0.2) is 4.79 Å². The minimum atomic E-state index is -0.419. The molecule has 2 aromatic rings. The fourth-order valence-corrected chi connectivity index (χ4v) is 2.25. The summed E-state index contributed by atoms with van der Waals surface area (Å²) in [5, 5.41) is 4.71. The van der Waals surface area contributed by atoms with Gasteiger partial charge < -0.3 is 9.47 Å². The van der Waals surface area contributed by atoms with E-state index in [1.54, 1.807) is 36.0 Å². The summed E-state index contributed by atoms with van der Waals surface area (Å²) in [4.78, 5) is 11.5. The van der Waals surface area contributed by atoms with Gasteiger partial charge in [0.1, 0.15) is 23.2 Å². The Morgan fingerprint density at radius 2 is 2.15 bits per heavy atom. The Kier molecular flexibility index (Phi) is 4.67. The van der Waals surface area contributed by atoms with Crippen LogP contribution in [0.5, 0.6) is 5.75 Å². The van der Waals surface area contributed by atoms with Crippen molar-refractivity contribution < 1.29 is 14.3 Å². The van der Waals surface area contributed by atoms with Crippen molar-refractivity contribution in [1.29, 1.82) is 0 Å². The molecule has 0 saturated carbocycles. The average molecular weight is 360 g/mol. The zero-order chi connectivity index (χ0) is 14.7. The van der Waals surface area contributed by atoms with E-state index in [-0.39, 0.29) is 6.61 Å². The van der Waals surface area contributed by atoms with E-state index in [1.165, 1.54) is 7.11 Å². The molecule has 0 saturated heterocycles. The van der Waals surface area contributed by atoms with Gasteiger partial charge in [0.25, 0.3) is 0 Å². The van der Waals surface area contributed by atoms with Crippen molar-refractivity contribution in [2.24, 2.45) is 7.05 Å². The van der Waals surface area contributed by atoms with Crippen LogP contribution in [-0.4, -0.2) is 22.9 Å². The maximum Gasteiger partial charge on any atom is 0.338 e. The molecule has 1 aromatic carbocycles. The molecule has 0 bridgehead atoms. The Morgan fingerprint density at radius 1 is 1.40 bits per heavy atom. The molecule has 0 aliphatic rings. The first-order valence-corrected chi connectivity index (χ1v) is 6.87. The van der Waals surface area contributed by atoms with E-state index >= 15 is 0 Å². The zero-order valence-corrected chi connectivity index (χ0v) is 13.2. The van der Waals surface area contributed by atoms with Crippen LogP contribution in [0.2, 0.25) is 5.15 Å². The summed E-state index contributed by atoms with van der Waals surface area (Å²) >= 11 is 9.22. The van der Waals surface area contributed by atoms with E-state index in [4.69, 9.17) is 16.3 Å². The topological polar surface area (TPSA) is 53.4 Å². The fourth-order valence-electron chi connectivity index (χ4n) is 1.61. The SMILES string of the molecule is COC(=O)c1cc(Br)cc(OCc2cc(Cl)n(C)n2)c1. The minimum Gasteiger partial charge on any atom is -0.487 e. The molecule has 0 aliphatic carbocycles. The lowest BCUT2D eigenvalue weighted by atomic mass is 10.2. The summed E-state index contributed by atoms with van der Waals surface area (Å²) in [7, 11) is 3.08. The zero-order valence-electron chi connectivity index (χ0n) is 10.9. The maximum atomic E-state index is 11.5. The van der Waals surface area contributed by atoms with Crippen LogP contribution < -0.4 is 4.74 Å². The van der Waals surface area contributed by atoms with Crippen molar-refractivity contribution in [1.82, 2.24) is 9.78 Å². The highest BCUT2D eigenvalue weighted by Gasteiger charge is 2.10. The molecule has 0 aliphatic heterocycles. The van der Waals surface area contributed by atoms with Gasteiger partial charge in [-0.15, -0.1) is 0 Å². The Labute approximate surface area is 129 Å². The molecular formula is C13H12BrClN2O3. The third kappa shape index (κ3) is 3.52. The smallest absolute Gasteiger partial charge is 0.338 e. The number of nitrogens with zero attached hydrogens (tertiary/aromatic N) is 2. The molecule has 1 heterocycles. The number of methoxy groups -OCH3 is 1. The van der Waals surface area contributed by atoms with E-state index in [9.17, 15) is 4.79 Å². The van der Waals surface area contributed by atoms with Crippen LogP contribution in [0, 0.1) is 0 Å². The summed E-state index contributed by atoms with van der Waals surface area (Å²) < 4.78 is 12.6. The highest BCUT2D eigenvalue weighted by molar-refractivity contribution is 9.10. The van der Waals surface area contributed by atoms with E-state index in [0.717, 1.165) is 4.47 Å². The number of aromatic nitrogens is 2. The maximum absolute atomic E-state index is 11.5. The van der Waals surface area contributed by atoms with Gasteiger partial charge in [-0.1, -0.05) is 27.5 Å². The van der Waals surface area contributed by atoms with Crippen molar-refractivity contribution in [3.63, 3.8) is 0 Å². The summed E-state index contributed by atoms with van der Waals surface area (Å²) in [6.45, 7) is 0.262. The molecule has 2 rings (SSSR count). The molecule has 20 heavy (non-hydrogen) atoms. The normalized spacial score (nSPS) is 10.4. The molecule has 106 valence electrons. The highest BCUT2D eigenvalue weighted by Crippen LogP contribution is 2.23. The van der Waals surface area contributed by atoms with Gasteiger partial charge in [-0.3, -0.25) is 4.68 Å². The Hall–Kier alpha value is -1.53. The first kappa shape index (κ1) is 14.9. The second-order valence-corrected chi connectivity index (χ2v) is 5.34. The van der Waals surface area contributed by atoms with E-state index < -0.39 is 5.97 Å². The van der Waals surface area contributed by atoms with Crippen molar-refractivity contribution in [2.75, 3.05) is 7.11 Å². The molecule has 0 fully saturated rings. The molecular weight excluding hydrogens is 348 g/mol.